The van der Waals surface area contributed by atoms with Crippen molar-refractivity contribution in [3.8, 4) is 0 Å². The lowest BCUT2D eigenvalue weighted by Crippen LogP contribution is -2.37. The first-order valence-electron chi connectivity index (χ1n) is 7.81. The number of nitrogens with zero attached hydrogens (tertiary/aromatic N) is 3. The first kappa shape index (κ1) is 14.3. The highest BCUT2D eigenvalue weighted by molar-refractivity contribution is 7.15. The van der Waals surface area contributed by atoms with Crippen molar-refractivity contribution in [3.63, 3.8) is 0 Å². The van der Waals surface area contributed by atoms with Gasteiger partial charge in [0.15, 0.2) is 5.13 Å². The summed E-state index contributed by atoms with van der Waals surface area (Å²) in [6, 6.07) is 1.02. The molecule has 1 fully saturated rings. The second-order valence-electron chi connectivity index (χ2n) is 6.20. The van der Waals surface area contributed by atoms with Gasteiger partial charge >= 0.3 is 0 Å². The van der Waals surface area contributed by atoms with Crippen LogP contribution < -0.4 is 10.2 Å². The van der Waals surface area contributed by atoms with Gasteiger partial charge in [0.1, 0.15) is 0 Å². The third kappa shape index (κ3) is 2.71. The fourth-order valence-corrected chi connectivity index (χ4v) is 4.76. The lowest BCUT2D eigenvalue weighted by molar-refractivity contribution is 0.337. The number of likely N-dealkylation sites (N-methyl/N-ethyl adjacent to an activating group) is 1. The monoisotopic (exact) mass is 294 g/mol. The summed E-state index contributed by atoms with van der Waals surface area (Å²) >= 11 is 1.93. The summed E-state index contributed by atoms with van der Waals surface area (Å²) in [5.74, 6) is 0. The predicted octanol–water partition coefficient (Wildman–Crippen LogP) is 2.27. The average Bonchev–Trinajstić information content (AvgIpc) is 2.78. The van der Waals surface area contributed by atoms with E-state index in [0.717, 1.165) is 13.1 Å². The molecule has 1 aromatic rings. The molecule has 0 aromatic carbocycles. The van der Waals surface area contributed by atoms with E-state index in [-0.39, 0.29) is 0 Å². The van der Waals surface area contributed by atoms with Gasteiger partial charge in [0, 0.05) is 24.0 Å². The summed E-state index contributed by atoms with van der Waals surface area (Å²) < 4.78 is 0. The third-order valence-electron chi connectivity index (χ3n) is 4.58. The van der Waals surface area contributed by atoms with Crippen molar-refractivity contribution < 1.29 is 0 Å². The summed E-state index contributed by atoms with van der Waals surface area (Å²) in [4.78, 5) is 11.5. The van der Waals surface area contributed by atoms with Crippen molar-refractivity contribution in [2.75, 3.05) is 38.6 Å². The summed E-state index contributed by atoms with van der Waals surface area (Å²) in [7, 11) is 4.28. The zero-order chi connectivity index (χ0) is 14.1. The molecule has 1 N–H and O–H groups in total. The van der Waals surface area contributed by atoms with Gasteiger partial charge in [-0.15, -0.1) is 11.3 Å². The molecule has 3 rings (SSSR count). The minimum Gasteiger partial charge on any atom is -0.344 e. The van der Waals surface area contributed by atoms with E-state index in [9.17, 15) is 0 Å². The molecular weight excluding hydrogens is 268 g/mol. The smallest absolute Gasteiger partial charge is 0.186 e. The molecule has 0 saturated carbocycles. The van der Waals surface area contributed by atoms with Crippen LogP contribution in [0, 0.1) is 0 Å². The average molecular weight is 294 g/mol. The number of thiazole rings is 1. The molecule has 20 heavy (non-hydrogen) atoms. The molecule has 2 unspecified atom stereocenters. The molecule has 1 aliphatic heterocycles. The summed E-state index contributed by atoms with van der Waals surface area (Å²) in [5, 5.41) is 4.67. The Morgan fingerprint density at radius 1 is 1.30 bits per heavy atom. The van der Waals surface area contributed by atoms with Gasteiger partial charge in [-0.3, -0.25) is 0 Å². The van der Waals surface area contributed by atoms with E-state index in [2.05, 4.69) is 36.1 Å². The molecule has 112 valence electrons. The first-order valence-corrected chi connectivity index (χ1v) is 8.62. The molecule has 4 nitrogen and oxygen atoms in total. The van der Waals surface area contributed by atoms with Crippen molar-refractivity contribution in [1.82, 2.24) is 15.2 Å². The number of aryl methyl sites for hydroxylation is 1. The molecule has 0 bridgehead atoms. The zero-order valence-corrected chi connectivity index (χ0v) is 13.7. The van der Waals surface area contributed by atoms with Crippen LogP contribution in [0.3, 0.4) is 0 Å². The lowest BCUT2D eigenvalue weighted by atomic mass is 9.98. The molecule has 2 atom stereocenters. The SMILES string of the molecule is CNC1CCCc2sc(N3CCCN(C)CC3C)nc21. The van der Waals surface area contributed by atoms with E-state index in [1.807, 2.05) is 11.3 Å². The number of aromatic nitrogens is 1. The maximum absolute atomic E-state index is 5.01. The van der Waals surface area contributed by atoms with Crippen molar-refractivity contribution in [2.45, 2.75) is 44.7 Å². The van der Waals surface area contributed by atoms with Crippen LogP contribution in [0.1, 0.15) is 42.8 Å². The molecule has 2 aliphatic rings. The van der Waals surface area contributed by atoms with Gasteiger partial charge in [0.2, 0.25) is 0 Å². The fourth-order valence-electron chi connectivity index (χ4n) is 3.47. The molecule has 1 aliphatic carbocycles. The van der Waals surface area contributed by atoms with Crippen LogP contribution >= 0.6 is 11.3 Å². The Morgan fingerprint density at radius 3 is 2.95 bits per heavy atom. The van der Waals surface area contributed by atoms with Gasteiger partial charge < -0.3 is 15.1 Å². The van der Waals surface area contributed by atoms with Crippen molar-refractivity contribution >= 4 is 16.5 Å². The number of fused-ring (bicyclic) bond motifs is 1. The number of anilines is 1. The van der Waals surface area contributed by atoms with Gasteiger partial charge in [-0.05, 0) is 53.2 Å². The van der Waals surface area contributed by atoms with E-state index >= 15 is 0 Å². The summed E-state index contributed by atoms with van der Waals surface area (Å²) in [6.07, 6.45) is 4.97. The molecule has 2 heterocycles. The summed E-state index contributed by atoms with van der Waals surface area (Å²) in [6.45, 7) is 5.81. The largest absolute Gasteiger partial charge is 0.344 e. The highest BCUT2D eigenvalue weighted by atomic mass is 32.1. The van der Waals surface area contributed by atoms with Crippen LogP contribution in [0.15, 0.2) is 0 Å². The Kier molecular flexibility index (Phi) is 4.29. The van der Waals surface area contributed by atoms with E-state index < -0.39 is 0 Å². The molecule has 0 spiro atoms. The van der Waals surface area contributed by atoms with Crippen LogP contribution in [-0.2, 0) is 6.42 Å². The van der Waals surface area contributed by atoms with Crippen LogP contribution in [-0.4, -0.2) is 49.7 Å². The normalized spacial score (nSPS) is 28.2. The third-order valence-corrected chi connectivity index (χ3v) is 5.75. The fraction of sp³-hybridized carbons (Fsp3) is 0.800. The van der Waals surface area contributed by atoms with E-state index in [0.29, 0.717) is 12.1 Å². The van der Waals surface area contributed by atoms with E-state index in [1.54, 1.807) is 0 Å². The van der Waals surface area contributed by atoms with Gasteiger partial charge in [0.05, 0.1) is 11.7 Å². The lowest BCUT2D eigenvalue weighted by Gasteiger charge is -2.27. The Hall–Kier alpha value is -0.650. The van der Waals surface area contributed by atoms with E-state index in [4.69, 9.17) is 4.98 Å². The van der Waals surface area contributed by atoms with E-state index in [1.165, 1.54) is 47.9 Å². The van der Waals surface area contributed by atoms with Crippen molar-refractivity contribution in [2.24, 2.45) is 0 Å². The number of rotatable bonds is 2. The topological polar surface area (TPSA) is 31.4 Å². The van der Waals surface area contributed by atoms with Crippen molar-refractivity contribution in [3.05, 3.63) is 10.6 Å². The quantitative estimate of drug-likeness (QED) is 0.907. The summed E-state index contributed by atoms with van der Waals surface area (Å²) in [5.41, 5.74) is 1.32. The molecule has 1 saturated heterocycles. The predicted molar refractivity (Wildman–Crippen MR) is 85.8 cm³/mol. The Morgan fingerprint density at radius 2 is 2.15 bits per heavy atom. The highest BCUT2D eigenvalue weighted by Gasteiger charge is 2.27. The molecular formula is C15H26N4S. The van der Waals surface area contributed by atoms with Crippen LogP contribution in [0.25, 0.3) is 0 Å². The Bertz CT molecular complexity index is 459. The van der Waals surface area contributed by atoms with Crippen molar-refractivity contribution in [1.29, 1.82) is 0 Å². The Labute approximate surface area is 126 Å². The van der Waals surface area contributed by atoms with Gasteiger partial charge in [-0.1, -0.05) is 0 Å². The number of nitrogens with one attached hydrogen (secondary N) is 1. The molecule has 5 heteroatoms. The van der Waals surface area contributed by atoms with Gasteiger partial charge in [0.25, 0.3) is 0 Å². The maximum atomic E-state index is 5.01. The first-order chi connectivity index (χ1) is 9.69. The zero-order valence-electron chi connectivity index (χ0n) is 12.9. The van der Waals surface area contributed by atoms with Crippen LogP contribution in [0.5, 0.6) is 0 Å². The number of hydrogen-bond donors (Lipinski definition) is 1. The van der Waals surface area contributed by atoms with Crippen LogP contribution in [0.4, 0.5) is 5.13 Å². The maximum Gasteiger partial charge on any atom is 0.186 e. The number of hydrogen-bond acceptors (Lipinski definition) is 5. The minimum absolute atomic E-state index is 0.466. The minimum atomic E-state index is 0.466. The van der Waals surface area contributed by atoms with Gasteiger partial charge in [-0.25, -0.2) is 4.98 Å². The molecule has 0 amide bonds. The molecule has 1 aromatic heterocycles. The second-order valence-corrected chi connectivity index (χ2v) is 7.26. The van der Waals surface area contributed by atoms with Crippen LogP contribution in [0.2, 0.25) is 0 Å². The standard InChI is InChI=1S/C15H26N4S/c1-11-10-18(3)8-5-9-19(11)15-17-14-12(16-2)6-4-7-13(14)20-15/h11-12,16H,4-10H2,1-3H3. The molecule has 0 radical (unpaired) electrons. The Balaban J connectivity index is 1.85. The second kappa shape index (κ2) is 6.00. The van der Waals surface area contributed by atoms with Gasteiger partial charge in [-0.2, -0.15) is 0 Å². The highest BCUT2D eigenvalue weighted by Crippen LogP contribution is 2.37.